The van der Waals surface area contributed by atoms with Gasteiger partial charge in [-0.15, -0.1) is 0 Å². The molecule has 64 valence electrons. The van der Waals surface area contributed by atoms with Gasteiger partial charge >= 0.3 is 5.97 Å². The molecular weight excluding hydrogens is 154 g/mol. The van der Waals surface area contributed by atoms with E-state index in [0.29, 0.717) is 6.42 Å². The third kappa shape index (κ3) is 1.11. The molecule has 2 N–H and O–H groups in total. The lowest BCUT2D eigenvalue weighted by atomic mass is 9.99. The van der Waals surface area contributed by atoms with Gasteiger partial charge in [-0.3, -0.25) is 4.79 Å². The van der Waals surface area contributed by atoms with E-state index in [9.17, 15) is 4.79 Å². The number of carboxylic acid groups (broad SMARTS) is 1. The molecule has 0 atom stereocenters. The predicted octanol–water partition coefficient (Wildman–Crippen LogP) is 1.42. The van der Waals surface area contributed by atoms with Crippen molar-refractivity contribution in [2.45, 2.75) is 19.3 Å². The van der Waals surface area contributed by atoms with Gasteiger partial charge in [-0.05, 0) is 30.9 Å². The number of rotatable bonds is 3. The minimum absolute atomic E-state index is 0.428. The summed E-state index contributed by atoms with van der Waals surface area (Å²) in [6, 6.07) is 1.93. The summed E-state index contributed by atoms with van der Waals surface area (Å²) < 4.78 is 0. The highest BCUT2D eigenvalue weighted by Gasteiger charge is 2.49. The van der Waals surface area contributed by atoms with Crippen LogP contribution in [-0.4, -0.2) is 16.1 Å². The quantitative estimate of drug-likeness (QED) is 0.711. The first-order valence-corrected chi connectivity index (χ1v) is 4.08. The Balaban J connectivity index is 2.09. The molecule has 0 unspecified atom stereocenters. The third-order valence-electron chi connectivity index (χ3n) is 2.51. The fourth-order valence-electron chi connectivity index (χ4n) is 1.48. The Morgan fingerprint density at radius 3 is 2.83 bits per heavy atom. The molecule has 1 heterocycles. The molecule has 3 heteroatoms. The number of aliphatic carboxylic acids is 1. The molecule has 3 nitrogen and oxygen atoms in total. The topological polar surface area (TPSA) is 53.1 Å². The molecule has 1 aliphatic carbocycles. The van der Waals surface area contributed by atoms with Crippen molar-refractivity contribution in [3.8, 4) is 0 Å². The maximum Gasteiger partial charge on any atom is 0.309 e. The highest BCUT2D eigenvalue weighted by atomic mass is 16.4. The molecule has 1 aromatic rings. The molecule has 0 bridgehead atoms. The summed E-state index contributed by atoms with van der Waals surface area (Å²) in [4.78, 5) is 13.7. The third-order valence-corrected chi connectivity index (χ3v) is 2.51. The van der Waals surface area contributed by atoms with E-state index in [1.807, 2.05) is 18.5 Å². The Morgan fingerprint density at radius 1 is 1.67 bits per heavy atom. The molecule has 2 rings (SSSR count). The van der Waals surface area contributed by atoms with Gasteiger partial charge in [-0.25, -0.2) is 0 Å². The van der Waals surface area contributed by atoms with E-state index >= 15 is 0 Å². The molecule has 0 radical (unpaired) electrons. The van der Waals surface area contributed by atoms with E-state index in [1.54, 1.807) is 0 Å². The number of carboxylic acids is 1. The van der Waals surface area contributed by atoms with Gasteiger partial charge in [0.2, 0.25) is 0 Å². The molecule has 1 saturated carbocycles. The van der Waals surface area contributed by atoms with Crippen molar-refractivity contribution in [2.75, 3.05) is 0 Å². The summed E-state index contributed by atoms with van der Waals surface area (Å²) >= 11 is 0. The lowest BCUT2D eigenvalue weighted by Crippen LogP contribution is -2.17. The molecule has 0 aliphatic heterocycles. The van der Waals surface area contributed by atoms with Crippen LogP contribution in [0.2, 0.25) is 0 Å². The standard InChI is InChI=1S/C9H11NO2/c11-8(12)9(2-3-9)5-7-1-4-10-6-7/h1,4,6,10H,2-3,5H2,(H,11,12). The van der Waals surface area contributed by atoms with Crippen LogP contribution in [0.3, 0.4) is 0 Å². The highest BCUT2D eigenvalue weighted by molar-refractivity contribution is 5.78. The number of H-pyrrole nitrogens is 1. The summed E-state index contributed by atoms with van der Waals surface area (Å²) in [5.41, 5.74) is 0.664. The second-order valence-corrected chi connectivity index (χ2v) is 3.48. The first-order valence-electron chi connectivity index (χ1n) is 4.08. The Kier molecular flexibility index (Phi) is 1.46. The van der Waals surface area contributed by atoms with Crippen LogP contribution >= 0.6 is 0 Å². The molecule has 1 aromatic heterocycles. The van der Waals surface area contributed by atoms with Crippen LogP contribution in [0, 0.1) is 5.41 Å². The molecule has 1 fully saturated rings. The monoisotopic (exact) mass is 165 g/mol. The van der Waals surface area contributed by atoms with Crippen molar-refractivity contribution in [3.63, 3.8) is 0 Å². The van der Waals surface area contributed by atoms with Crippen molar-refractivity contribution < 1.29 is 9.90 Å². The van der Waals surface area contributed by atoms with Crippen molar-refractivity contribution in [1.82, 2.24) is 4.98 Å². The highest BCUT2D eigenvalue weighted by Crippen LogP contribution is 2.48. The van der Waals surface area contributed by atoms with E-state index in [-0.39, 0.29) is 0 Å². The predicted molar refractivity (Wildman–Crippen MR) is 43.8 cm³/mol. The number of aromatic nitrogens is 1. The van der Waals surface area contributed by atoms with Gasteiger partial charge in [0.1, 0.15) is 0 Å². The van der Waals surface area contributed by atoms with Gasteiger partial charge < -0.3 is 10.1 Å². The summed E-state index contributed by atoms with van der Waals surface area (Å²) in [6.45, 7) is 0. The SMILES string of the molecule is O=C(O)C1(Cc2cc[nH]c2)CC1. The minimum atomic E-state index is -0.649. The number of hydrogen-bond acceptors (Lipinski definition) is 1. The molecule has 0 aromatic carbocycles. The van der Waals surface area contributed by atoms with Gasteiger partial charge in [-0.2, -0.15) is 0 Å². The average Bonchev–Trinajstić information content (AvgIpc) is 2.60. The fourth-order valence-corrected chi connectivity index (χ4v) is 1.48. The zero-order chi connectivity index (χ0) is 8.60. The van der Waals surface area contributed by atoms with Crippen molar-refractivity contribution in [2.24, 2.45) is 5.41 Å². The second kappa shape index (κ2) is 2.37. The van der Waals surface area contributed by atoms with E-state index in [2.05, 4.69) is 4.98 Å². The molecule has 0 spiro atoms. The maximum absolute atomic E-state index is 10.8. The Hall–Kier alpha value is -1.25. The van der Waals surface area contributed by atoms with Crippen LogP contribution < -0.4 is 0 Å². The van der Waals surface area contributed by atoms with Crippen molar-refractivity contribution in [3.05, 3.63) is 24.0 Å². The van der Waals surface area contributed by atoms with E-state index in [0.717, 1.165) is 18.4 Å². The maximum atomic E-state index is 10.8. The summed E-state index contributed by atoms with van der Waals surface area (Å²) in [5.74, 6) is -0.649. The number of aromatic amines is 1. The molecular formula is C9H11NO2. The molecule has 1 aliphatic rings. The second-order valence-electron chi connectivity index (χ2n) is 3.48. The Bertz CT molecular complexity index is 285. The Labute approximate surface area is 70.4 Å². The number of hydrogen-bond donors (Lipinski definition) is 2. The smallest absolute Gasteiger partial charge is 0.309 e. The van der Waals surface area contributed by atoms with Gasteiger partial charge in [0, 0.05) is 12.4 Å². The summed E-state index contributed by atoms with van der Waals surface area (Å²) in [6.07, 6.45) is 6.02. The van der Waals surface area contributed by atoms with Crippen molar-refractivity contribution >= 4 is 5.97 Å². The minimum Gasteiger partial charge on any atom is -0.481 e. The lowest BCUT2D eigenvalue weighted by Gasteiger charge is -2.06. The number of carbonyl (C=O) groups is 1. The van der Waals surface area contributed by atoms with Crippen LogP contribution in [0.25, 0.3) is 0 Å². The van der Waals surface area contributed by atoms with Crippen LogP contribution in [-0.2, 0) is 11.2 Å². The zero-order valence-corrected chi connectivity index (χ0v) is 6.71. The van der Waals surface area contributed by atoms with Gasteiger partial charge in [0.05, 0.1) is 5.41 Å². The van der Waals surface area contributed by atoms with Crippen LogP contribution in [0.15, 0.2) is 18.5 Å². The first kappa shape index (κ1) is 7.40. The normalized spacial score (nSPS) is 19.0. The Morgan fingerprint density at radius 2 is 2.42 bits per heavy atom. The van der Waals surface area contributed by atoms with E-state index in [4.69, 9.17) is 5.11 Å². The van der Waals surface area contributed by atoms with E-state index < -0.39 is 11.4 Å². The molecule has 0 amide bonds. The summed E-state index contributed by atoms with van der Waals surface area (Å²) in [5, 5.41) is 8.89. The lowest BCUT2D eigenvalue weighted by molar-refractivity contribution is -0.143. The van der Waals surface area contributed by atoms with Gasteiger partial charge in [0.25, 0.3) is 0 Å². The molecule has 0 saturated heterocycles. The van der Waals surface area contributed by atoms with E-state index in [1.165, 1.54) is 0 Å². The van der Waals surface area contributed by atoms with Gasteiger partial charge in [0.15, 0.2) is 0 Å². The average molecular weight is 165 g/mol. The number of nitrogens with one attached hydrogen (secondary N) is 1. The van der Waals surface area contributed by atoms with Crippen LogP contribution in [0.1, 0.15) is 18.4 Å². The van der Waals surface area contributed by atoms with Crippen molar-refractivity contribution in [1.29, 1.82) is 0 Å². The largest absolute Gasteiger partial charge is 0.481 e. The molecule has 12 heavy (non-hydrogen) atoms. The summed E-state index contributed by atoms with van der Waals surface area (Å²) in [7, 11) is 0. The van der Waals surface area contributed by atoms with Crippen LogP contribution in [0.4, 0.5) is 0 Å². The van der Waals surface area contributed by atoms with Crippen LogP contribution in [0.5, 0.6) is 0 Å². The zero-order valence-electron chi connectivity index (χ0n) is 6.71. The fraction of sp³-hybridized carbons (Fsp3) is 0.444. The first-order chi connectivity index (χ1) is 5.73. The van der Waals surface area contributed by atoms with Gasteiger partial charge in [-0.1, -0.05) is 0 Å².